The lowest BCUT2D eigenvalue weighted by molar-refractivity contribution is 0.134. The van der Waals surface area contributed by atoms with Crippen LogP contribution in [0.4, 0.5) is 8.78 Å². The van der Waals surface area contributed by atoms with E-state index in [2.05, 4.69) is 10.3 Å². The highest BCUT2D eigenvalue weighted by Crippen LogP contribution is 2.19. The summed E-state index contributed by atoms with van der Waals surface area (Å²) in [7, 11) is 0. The Morgan fingerprint density at radius 3 is 2.79 bits per heavy atom. The van der Waals surface area contributed by atoms with Gasteiger partial charge in [-0.1, -0.05) is 6.07 Å². The fourth-order valence-corrected chi connectivity index (χ4v) is 2.25. The molecular weight excluding hydrogens is 270 g/mol. The largest absolute Gasteiger partial charge is 0.387 e. The standard InChI is InChI=1S/C13H14F2N2OS/c1-8(16-5-10-6-19-7-17-10)13(18)9-2-3-11(14)12(15)4-9/h2-4,6-8,13,16,18H,5H2,1H3. The van der Waals surface area contributed by atoms with Crippen molar-refractivity contribution in [1.29, 1.82) is 0 Å². The van der Waals surface area contributed by atoms with Crippen LogP contribution in [-0.2, 0) is 6.54 Å². The van der Waals surface area contributed by atoms with E-state index in [1.807, 2.05) is 5.38 Å². The first-order chi connectivity index (χ1) is 9.08. The van der Waals surface area contributed by atoms with Gasteiger partial charge in [-0.2, -0.15) is 0 Å². The van der Waals surface area contributed by atoms with Crippen molar-refractivity contribution in [3.63, 3.8) is 0 Å². The third kappa shape index (κ3) is 3.56. The third-order valence-electron chi connectivity index (χ3n) is 2.85. The number of halogens is 2. The van der Waals surface area contributed by atoms with Crippen LogP contribution in [0.3, 0.4) is 0 Å². The highest BCUT2D eigenvalue weighted by atomic mass is 32.1. The molecule has 2 N–H and O–H groups in total. The molecule has 2 unspecified atom stereocenters. The summed E-state index contributed by atoms with van der Waals surface area (Å²) in [5.41, 5.74) is 2.96. The maximum absolute atomic E-state index is 13.1. The Kier molecular flexibility index (Phi) is 4.57. The van der Waals surface area contributed by atoms with Crippen molar-refractivity contribution in [2.24, 2.45) is 0 Å². The van der Waals surface area contributed by atoms with E-state index in [-0.39, 0.29) is 6.04 Å². The van der Waals surface area contributed by atoms with E-state index in [4.69, 9.17) is 0 Å². The molecule has 2 rings (SSSR count). The molecule has 0 aliphatic heterocycles. The number of hydrogen-bond donors (Lipinski definition) is 2. The van der Waals surface area contributed by atoms with Crippen molar-refractivity contribution in [1.82, 2.24) is 10.3 Å². The topological polar surface area (TPSA) is 45.2 Å². The van der Waals surface area contributed by atoms with Crippen molar-refractivity contribution in [3.05, 3.63) is 52.0 Å². The van der Waals surface area contributed by atoms with E-state index in [0.717, 1.165) is 17.8 Å². The van der Waals surface area contributed by atoms with Gasteiger partial charge >= 0.3 is 0 Å². The number of aliphatic hydroxyl groups is 1. The van der Waals surface area contributed by atoms with Crippen molar-refractivity contribution < 1.29 is 13.9 Å². The summed E-state index contributed by atoms with van der Waals surface area (Å²) < 4.78 is 25.9. The minimum absolute atomic E-state index is 0.299. The summed E-state index contributed by atoms with van der Waals surface area (Å²) in [6.07, 6.45) is -0.909. The smallest absolute Gasteiger partial charge is 0.159 e. The molecule has 0 spiro atoms. The average Bonchev–Trinajstić information content (AvgIpc) is 2.91. The number of nitrogens with zero attached hydrogens (tertiary/aromatic N) is 1. The number of hydrogen-bond acceptors (Lipinski definition) is 4. The van der Waals surface area contributed by atoms with Crippen LogP contribution >= 0.6 is 11.3 Å². The summed E-state index contributed by atoms with van der Waals surface area (Å²) in [6.45, 7) is 2.30. The number of rotatable bonds is 5. The molecule has 3 nitrogen and oxygen atoms in total. The second-order valence-corrected chi connectivity index (χ2v) is 4.99. The Balaban J connectivity index is 1.97. The fourth-order valence-electron chi connectivity index (χ4n) is 1.69. The maximum Gasteiger partial charge on any atom is 0.159 e. The molecule has 19 heavy (non-hydrogen) atoms. The second kappa shape index (κ2) is 6.18. The molecule has 0 radical (unpaired) electrons. The van der Waals surface area contributed by atoms with Crippen LogP contribution in [-0.4, -0.2) is 16.1 Å². The molecule has 0 aliphatic rings. The van der Waals surface area contributed by atoms with E-state index in [1.165, 1.54) is 17.4 Å². The number of aliphatic hydroxyl groups excluding tert-OH is 1. The lowest BCUT2D eigenvalue weighted by Gasteiger charge is -2.20. The Labute approximate surface area is 113 Å². The lowest BCUT2D eigenvalue weighted by Crippen LogP contribution is -2.31. The molecule has 0 fully saturated rings. The van der Waals surface area contributed by atoms with Crippen LogP contribution in [0.2, 0.25) is 0 Å². The van der Waals surface area contributed by atoms with Gasteiger partial charge in [0.05, 0.1) is 17.3 Å². The highest BCUT2D eigenvalue weighted by molar-refractivity contribution is 7.07. The summed E-state index contributed by atoms with van der Waals surface area (Å²) in [4.78, 5) is 4.11. The van der Waals surface area contributed by atoms with Crippen LogP contribution < -0.4 is 5.32 Å². The van der Waals surface area contributed by atoms with Gasteiger partial charge in [0, 0.05) is 18.0 Å². The lowest BCUT2D eigenvalue weighted by atomic mass is 10.0. The molecule has 102 valence electrons. The fraction of sp³-hybridized carbons (Fsp3) is 0.308. The summed E-state index contributed by atoms with van der Waals surface area (Å²) in [5.74, 6) is -1.87. The zero-order chi connectivity index (χ0) is 13.8. The summed E-state index contributed by atoms with van der Waals surface area (Å²) in [5, 5.41) is 15.1. The number of aromatic nitrogens is 1. The molecule has 1 heterocycles. The monoisotopic (exact) mass is 284 g/mol. The van der Waals surface area contributed by atoms with Gasteiger partial charge in [-0.25, -0.2) is 13.8 Å². The first-order valence-corrected chi connectivity index (χ1v) is 6.75. The van der Waals surface area contributed by atoms with Crippen LogP contribution in [0.5, 0.6) is 0 Å². The molecule has 0 aliphatic carbocycles. The van der Waals surface area contributed by atoms with Gasteiger partial charge in [0.15, 0.2) is 11.6 Å². The molecule has 2 atom stereocenters. The second-order valence-electron chi connectivity index (χ2n) is 4.27. The van der Waals surface area contributed by atoms with E-state index in [9.17, 15) is 13.9 Å². The van der Waals surface area contributed by atoms with Crippen LogP contribution in [0, 0.1) is 11.6 Å². The van der Waals surface area contributed by atoms with Crippen molar-refractivity contribution in [2.45, 2.75) is 25.6 Å². The van der Waals surface area contributed by atoms with E-state index in [1.54, 1.807) is 12.4 Å². The van der Waals surface area contributed by atoms with Gasteiger partial charge in [-0.3, -0.25) is 0 Å². The quantitative estimate of drug-likeness (QED) is 0.887. The Morgan fingerprint density at radius 1 is 1.37 bits per heavy atom. The van der Waals surface area contributed by atoms with E-state index < -0.39 is 17.7 Å². The predicted octanol–water partition coefficient (Wildman–Crippen LogP) is 2.63. The first kappa shape index (κ1) is 14.0. The van der Waals surface area contributed by atoms with Gasteiger partial charge in [0.1, 0.15) is 0 Å². The minimum Gasteiger partial charge on any atom is -0.387 e. The van der Waals surface area contributed by atoms with Gasteiger partial charge < -0.3 is 10.4 Å². The first-order valence-electron chi connectivity index (χ1n) is 5.81. The zero-order valence-electron chi connectivity index (χ0n) is 10.3. The molecule has 0 saturated carbocycles. The SMILES string of the molecule is CC(NCc1cscn1)C(O)c1ccc(F)c(F)c1. The molecule has 0 bridgehead atoms. The number of benzene rings is 1. The van der Waals surface area contributed by atoms with Crippen molar-refractivity contribution in [3.8, 4) is 0 Å². The number of thiazole rings is 1. The summed E-state index contributed by atoms with van der Waals surface area (Å²) in [6, 6.07) is 3.11. The van der Waals surface area contributed by atoms with Gasteiger partial charge in [-0.15, -0.1) is 11.3 Å². The predicted molar refractivity (Wildman–Crippen MR) is 69.7 cm³/mol. The Bertz CT molecular complexity index is 533. The van der Waals surface area contributed by atoms with Crippen LogP contribution in [0.1, 0.15) is 24.3 Å². The molecule has 2 aromatic rings. The molecule has 1 aromatic carbocycles. The molecule has 0 amide bonds. The van der Waals surface area contributed by atoms with Gasteiger partial charge in [-0.05, 0) is 24.6 Å². The minimum atomic E-state index is -0.955. The van der Waals surface area contributed by atoms with Gasteiger partial charge in [0.2, 0.25) is 0 Å². The molecule has 0 saturated heterocycles. The third-order valence-corrected chi connectivity index (χ3v) is 3.48. The van der Waals surface area contributed by atoms with Crippen LogP contribution in [0.25, 0.3) is 0 Å². The average molecular weight is 284 g/mol. The van der Waals surface area contributed by atoms with Crippen LogP contribution in [0.15, 0.2) is 29.1 Å². The maximum atomic E-state index is 13.1. The molecule has 6 heteroatoms. The molecular formula is C13H14F2N2OS. The van der Waals surface area contributed by atoms with Gasteiger partial charge in [0.25, 0.3) is 0 Å². The van der Waals surface area contributed by atoms with Crippen molar-refractivity contribution >= 4 is 11.3 Å². The number of nitrogens with one attached hydrogen (secondary N) is 1. The Hall–Kier alpha value is -1.37. The highest BCUT2D eigenvalue weighted by Gasteiger charge is 2.17. The summed E-state index contributed by atoms with van der Waals surface area (Å²) >= 11 is 1.49. The Morgan fingerprint density at radius 2 is 2.16 bits per heavy atom. The van der Waals surface area contributed by atoms with E-state index >= 15 is 0 Å². The normalized spacial score (nSPS) is 14.3. The van der Waals surface area contributed by atoms with Crippen molar-refractivity contribution in [2.75, 3.05) is 0 Å². The zero-order valence-corrected chi connectivity index (χ0v) is 11.1. The van der Waals surface area contributed by atoms with E-state index in [0.29, 0.717) is 12.1 Å². The molecule has 1 aromatic heterocycles.